The normalized spacial score (nSPS) is 15.4. The molecular weight excluding hydrogens is 276 g/mol. The Morgan fingerprint density at radius 3 is 2.55 bits per heavy atom. The van der Waals surface area contributed by atoms with Crippen molar-refractivity contribution < 1.29 is 9.52 Å². The van der Waals surface area contributed by atoms with Gasteiger partial charge in [0.15, 0.2) is 17.5 Å². The van der Waals surface area contributed by atoms with E-state index in [-0.39, 0.29) is 5.91 Å². The Balaban J connectivity index is 1.63. The van der Waals surface area contributed by atoms with E-state index < -0.39 is 0 Å². The summed E-state index contributed by atoms with van der Waals surface area (Å²) >= 11 is 1.61. The number of nitrogens with zero attached hydrogens (tertiary/aromatic N) is 4. The molecule has 0 aliphatic carbocycles. The summed E-state index contributed by atoms with van der Waals surface area (Å²) in [4.78, 5) is 20.6. The minimum absolute atomic E-state index is 0.0237. The van der Waals surface area contributed by atoms with E-state index in [1.54, 1.807) is 29.7 Å². The van der Waals surface area contributed by atoms with Crippen LogP contribution in [0.15, 0.2) is 36.1 Å². The Kier molecular flexibility index (Phi) is 3.51. The minimum atomic E-state index is -0.0237. The average molecular weight is 290 g/mol. The molecule has 1 aliphatic heterocycles. The zero-order valence-electron chi connectivity index (χ0n) is 10.8. The van der Waals surface area contributed by atoms with Crippen LogP contribution in [0.5, 0.6) is 0 Å². The molecule has 0 spiro atoms. The summed E-state index contributed by atoms with van der Waals surface area (Å²) in [6.45, 7) is 2.91. The van der Waals surface area contributed by atoms with Crippen molar-refractivity contribution in [3.8, 4) is 0 Å². The quantitative estimate of drug-likeness (QED) is 0.604. The molecule has 0 atom stereocenters. The van der Waals surface area contributed by atoms with Crippen molar-refractivity contribution in [2.24, 2.45) is 0 Å². The van der Waals surface area contributed by atoms with Crippen LogP contribution in [0.4, 0.5) is 5.13 Å². The molecule has 0 bridgehead atoms. The third-order valence-electron chi connectivity index (χ3n) is 3.31. The van der Waals surface area contributed by atoms with Crippen molar-refractivity contribution in [3.63, 3.8) is 0 Å². The molecular formula is C13H14N4O2S. The molecule has 1 saturated heterocycles. The van der Waals surface area contributed by atoms with E-state index in [1.165, 1.54) is 12.4 Å². The lowest BCUT2D eigenvalue weighted by atomic mass is 10.2. The number of hydrogen-bond acceptors (Lipinski definition) is 5. The smallest absolute Gasteiger partial charge is 0.254 e. The zero-order valence-corrected chi connectivity index (χ0v) is 11.6. The minimum Gasteiger partial charge on any atom is -0.619 e. The number of hydrogen-bond donors (Lipinski definition) is 0. The molecule has 20 heavy (non-hydrogen) atoms. The van der Waals surface area contributed by atoms with E-state index in [9.17, 15) is 10.0 Å². The first kappa shape index (κ1) is 12.9. The molecule has 3 rings (SSSR count). The van der Waals surface area contributed by atoms with Crippen LogP contribution < -0.4 is 9.63 Å². The van der Waals surface area contributed by atoms with Crippen molar-refractivity contribution in [2.45, 2.75) is 0 Å². The molecule has 0 unspecified atom stereocenters. The third-order valence-corrected chi connectivity index (χ3v) is 4.14. The first-order chi connectivity index (χ1) is 9.74. The summed E-state index contributed by atoms with van der Waals surface area (Å²) in [5.74, 6) is -0.0237. The number of amides is 1. The monoisotopic (exact) mass is 290 g/mol. The second kappa shape index (κ2) is 5.46. The van der Waals surface area contributed by atoms with Crippen molar-refractivity contribution >= 4 is 22.4 Å². The first-order valence-electron chi connectivity index (χ1n) is 6.36. The molecule has 1 aliphatic rings. The molecule has 0 N–H and O–H groups in total. The van der Waals surface area contributed by atoms with Gasteiger partial charge in [0.05, 0.1) is 5.56 Å². The second-order valence-electron chi connectivity index (χ2n) is 4.54. The van der Waals surface area contributed by atoms with Gasteiger partial charge in [-0.15, -0.1) is 11.3 Å². The summed E-state index contributed by atoms with van der Waals surface area (Å²) in [5.41, 5.74) is 0.555. The Morgan fingerprint density at radius 1 is 1.25 bits per heavy atom. The van der Waals surface area contributed by atoms with Crippen molar-refractivity contribution in [3.05, 3.63) is 46.9 Å². The van der Waals surface area contributed by atoms with Crippen LogP contribution in [0, 0.1) is 5.21 Å². The Morgan fingerprint density at radius 2 is 1.95 bits per heavy atom. The van der Waals surface area contributed by atoms with Gasteiger partial charge in [-0.1, -0.05) is 0 Å². The predicted octanol–water partition coefficient (Wildman–Crippen LogP) is 0.739. The van der Waals surface area contributed by atoms with Gasteiger partial charge in [0.2, 0.25) is 0 Å². The van der Waals surface area contributed by atoms with Crippen LogP contribution in [0.1, 0.15) is 10.4 Å². The molecule has 7 heteroatoms. The Bertz CT molecular complexity index is 577. The zero-order chi connectivity index (χ0) is 13.9. The molecule has 0 radical (unpaired) electrons. The van der Waals surface area contributed by atoms with Gasteiger partial charge in [-0.2, -0.15) is 4.73 Å². The highest BCUT2D eigenvalue weighted by Gasteiger charge is 2.23. The maximum atomic E-state index is 12.3. The van der Waals surface area contributed by atoms with Gasteiger partial charge < -0.3 is 15.0 Å². The molecule has 1 amide bonds. The number of thiazole rings is 1. The Hall–Kier alpha value is -2.15. The fourth-order valence-corrected chi connectivity index (χ4v) is 2.91. The van der Waals surface area contributed by atoms with Gasteiger partial charge in [0, 0.05) is 49.9 Å². The highest BCUT2D eigenvalue weighted by molar-refractivity contribution is 7.13. The standard InChI is InChI=1S/C13H14N4O2S/c18-12(11-1-4-17(19)5-2-11)15-6-8-16(9-7-15)13-14-3-10-20-13/h1-5,10H,6-9H2. The fourth-order valence-electron chi connectivity index (χ4n) is 2.21. The molecule has 2 aromatic heterocycles. The number of aromatic nitrogens is 2. The van der Waals surface area contributed by atoms with Gasteiger partial charge in [-0.25, -0.2) is 4.98 Å². The van der Waals surface area contributed by atoms with Gasteiger partial charge in [0.25, 0.3) is 5.91 Å². The maximum Gasteiger partial charge on any atom is 0.254 e. The number of carbonyl (C=O) groups is 1. The van der Waals surface area contributed by atoms with Crippen molar-refractivity contribution in [1.82, 2.24) is 9.88 Å². The predicted molar refractivity (Wildman–Crippen MR) is 75.6 cm³/mol. The molecule has 0 aromatic carbocycles. The SMILES string of the molecule is O=C(c1cc[n+]([O-])cc1)N1CCN(c2nccs2)CC1. The largest absolute Gasteiger partial charge is 0.619 e. The topological polar surface area (TPSA) is 63.4 Å². The lowest BCUT2D eigenvalue weighted by molar-refractivity contribution is -0.605. The summed E-state index contributed by atoms with van der Waals surface area (Å²) in [5, 5.41) is 13.9. The van der Waals surface area contributed by atoms with Crippen LogP contribution in [0.3, 0.4) is 0 Å². The molecule has 0 saturated carbocycles. The Labute approximate surface area is 120 Å². The van der Waals surface area contributed by atoms with E-state index in [0.29, 0.717) is 23.4 Å². The molecule has 3 heterocycles. The number of pyridine rings is 1. The second-order valence-corrected chi connectivity index (χ2v) is 5.41. The molecule has 1 fully saturated rings. The number of anilines is 1. The van der Waals surface area contributed by atoms with Gasteiger partial charge in [0.1, 0.15) is 0 Å². The third kappa shape index (κ3) is 2.57. The fraction of sp³-hybridized carbons (Fsp3) is 0.308. The van der Waals surface area contributed by atoms with Gasteiger partial charge in [-0.3, -0.25) is 4.79 Å². The number of rotatable bonds is 2. The van der Waals surface area contributed by atoms with Gasteiger partial charge >= 0.3 is 0 Å². The highest BCUT2D eigenvalue weighted by atomic mass is 32.1. The van der Waals surface area contributed by atoms with E-state index in [1.807, 2.05) is 10.3 Å². The van der Waals surface area contributed by atoms with Crippen LogP contribution in [-0.2, 0) is 0 Å². The average Bonchev–Trinajstić information content (AvgIpc) is 3.02. The van der Waals surface area contributed by atoms with Crippen LogP contribution >= 0.6 is 11.3 Å². The van der Waals surface area contributed by atoms with E-state index in [2.05, 4.69) is 9.88 Å². The number of piperazine rings is 1. The summed E-state index contributed by atoms with van der Waals surface area (Å²) in [7, 11) is 0. The molecule has 2 aromatic rings. The van der Waals surface area contributed by atoms with Crippen LogP contribution in [-0.4, -0.2) is 42.0 Å². The van der Waals surface area contributed by atoms with Crippen molar-refractivity contribution in [1.29, 1.82) is 0 Å². The van der Waals surface area contributed by atoms with E-state index in [4.69, 9.17) is 0 Å². The summed E-state index contributed by atoms with van der Waals surface area (Å²) in [6.07, 6.45) is 4.48. The summed E-state index contributed by atoms with van der Waals surface area (Å²) in [6, 6.07) is 3.12. The van der Waals surface area contributed by atoms with Crippen LogP contribution in [0.2, 0.25) is 0 Å². The van der Waals surface area contributed by atoms with Crippen LogP contribution in [0.25, 0.3) is 0 Å². The molecule has 6 nitrogen and oxygen atoms in total. The first-order valence-corrected chi connectivity index (χ1v) is 7.24. The number of carbonyl (C=O) groups excluding carboxylic acids is 1. The molecule has 104 valence electrons. The lowest BCUT2D eigenvalue weighted by Gasteiger charge is -2.34. The van der Waals surface area contributed by atoms with Gasteiger partial charge in [-0.05, 0) is 0 Å². The van der Waals surface area contributed by atoms with E-state index >= 15 is 0 Å². The van der Waals surface area contributed by atoms with Crippen molar-refractivity contribution in [2.75, 3.05) is 31.1 Å². The maximum absolute atomic E-state index is 12.3. The lowest BCUT2D eigenvalue weighted by Crippen LogP contribution is -2.48. The highest BCUT2D eigenvalue weighted by Crippen LogP contribution is 2.19. The van der Waals surface area contributed by atoms with E-state index in [0.717, 1.165) is 18.2 Å². The summed E-state index contributed by atoms with van der Waals surface area (Å²) < 4.78 is 0.678.